The molecule has 3 heterocycles. The minimum atomic E-state index is 0.449. The zero-order chi connectivity index (χ0) is 20.7. The lowest BCUT2D eigenvalue weighted by atomic mass is 10.5. The van der Waals surface area contributed by atoms with E-state index in [-0.39, 0.29) is 0 Å². The zero-order valence-corrected chi connectivity index (χ0v) is 18.5. The molecule has 0 aliphatic carbocycles. The van der Waals surface area contributed by atoms with Gasteiger partial charge in [0.05, 0.1) is 52.9 Å². The van der Waals surface area contributed by atoms with Gasteiger partial charge in [-0.1, -0.05) is 0 Å². The average molecular weight is 461 g/mol. The van der Waals surface area contributed by atoms with Gasteiger partial charge in [0.25, 0.3) is 0 Å². The van der Waals surface area contributed by atoms with E-state index in [9.17, 15) is 0 Å². The first-order valence-corrected chi connectivity index (χ1v) is 11.8. The second-order valence-electron chi connectivity index (χ2n) is 6.04. The summed E-state index contributed by atoms with van der Waals surface area (Å²) in [7, 11) is 0. The van der Waals surface area contributed by atoms with Crippen molar-refractivity contribution in [1.29, 1.82) is 0 Å². The third-order valence-electron chi connectivity index (χ3n) is 3.87. The normalized spacial score (nSPS) is 18.9. The van der Waals surface area contributed by atoms with Gasteiger partial charge in [-0.3, -0.25) is 0 Å². The van der Waals surface area contributed by atoms with Crippen molar-refractivity contribution in [3.05, 3.63) is 21.5 Å². The lowest BCUT2D eigenvalue weighted by Gasteiger charge is -2.11. The van der Waals surface area contributed by atoms with E-state index in [0.717, 1.165) is 23.0 Å². The minimum Gasteiger partial charge on any atom is -0.486 e. The first kappa shape index (κ1) is 23.1. The van der Waals surface area contributed by atoms with Crippen LogP contribution in [0.2, 0.25) is 0 Å². The molecule has 168 valence electrons. The van der Waals surface area contributed by atoms with E-state index in [0.29, 0.717) is 79.3 Å². The Hall–Kier alpha value is -1.56. The molecule has 10 heteroatoms. The van der Waals surface area contributed by atoms with Crippen molar-refractivity contribution >= 4 is 22.7 Å². The Morgan fingerprint density at radius 2 is 0.600 bits per heavy atom. The van der Waals surface area contributed by atoms with Gasteiger partial charge in [-0.15, -0.1) is 22.7 Å². The van der Waals surface area contributed by atoms with Crippen molar-refractivity contribution in [3.63, 3.8) is 0 Å². The molecule has 0 saturated carbocycles. The first-order chi connectivity index (χ1) is 14.9. The molecule has 0 aromatic carbocycles. The molecule has 0 saturated heterocycles. The fourth-order valence-corrected chi connectivity index (χ4v) is 3.82. The van der Waals surface area contributed by atoms with Gasteiger partial charge in [-0.2, -0.15) is 0 Å². The van der Waals surface area contributed by atoms with E-state index in [1.807, 2.05) is 21.5 Å². The highest BCUT2D eigenvalue weighted by Crippen LogP contribution is 2.32. The number of ether oxygens (including phenoxy) is 8. The highest BCUT2D eigenvalue weighted by atomic mass is 32.1. The van der Waals surface area contributed by atoms with Gasteiger partial charge < -0.3 is 37.9 Å². The Balaban J connectivity index is 1.40. The van der Waals surface area contributed by atoms with Crippen molar-refractivity contribution < 1.29 is 37.9 Å². The van der Waals surface area contributed by atoms with Gasteiger partial charge in [-0.05, 0) is 0 Å². The van der Waals surface area contributed by atoms with E-state index in [1.54, 1.807) is 0 Å². The lowest BCUT2D eigenvalue weighted by molar-refractivity contribution is 0.0225. The maximum atomic E-state index is 5.72. The smallest absolute Gasteiger partial charge is 0.171 e. The molecule has 2 aromatic heterocycles. The Labute approximate surface area is 184 Å². The number of rotatable bonds is 0. The number of hydrogen-bond donors (Lipinski definition) is 0. The van der Waals surface area contributed by atoms with Crippen LogP contribution in [0.4, 0.5) is 0 Å². The largest absolute Gasteiger partial charge is 0.486 e. The predicted octanol–water partition coefficient (Wildman–Crippen LogP) is 3.11. The molecule has 3 rings (SSSR count). The van der Waals surface area contributed by atoms with Crippen LogP contribution >= 0.6 is 22.7 Å². The van der Waals surface area contributed by atoms with Crippen LogP contribution in [0.25, 0.3) is 0 Å². The highest BCUT2D eigenvalue weighted by molar-refractivity contribution is 7.08. The summed E-state index contributed by atoms with van der Waals surface area (Å²) in [6, 6.07) is 0. The first-order valence-electron chi connectivity index (χ1n) is 9.88. The fraction of sp³-hybridized carbons (Fsp3) is 0.600. The van der Waals surface area contributed by atoms with Crippen LogP contribution in [0.15, 0.2) is 21.5 Å². The van der Waals surface area contributed by atoms with Gasteiger partial charge in [0, 0.05) is 21.5 Å². The average Bonchev–Trinajstić information content (AvgIpc) is 3.39. The van der Waals surface area contributed by atoms with Crippen LogP contribution in [-0.4, -0.2) is 79.3 Å². The maximum absolute atomic E-state index is 5.72. The molecular weight excluding hydrogens is 432 g/mol. The summed E-state index contributed by atoms with van der Waals surface area (Å²) < 4.78 is 45.0. The number of hydrogen-bond acceptors (Lipinski definition) is 10. The van der Waals surface area contributed by atoms with E-state index in [4.69, 9.17) is 37.9 Å². The zero-order valence-electron chi connectivity index (χ0n) is 16.9. The van der Waals surface area contributed by atoms with Crippen molar-refractivity contribution in [2.45, 2.75) is 0 Å². The quantitative estimate of drug-likeness (QED) is 0.594. The molecule has 0 N–H and O–H groups in total. The predicted molar refractivity (Wildman–Crippen MR) is 114 cm³/mol. The molecule has 0 atom stereocenters. The molecule has 0 radical (unpaired) electrons. The Morgan fingerprint density at radius 1 is 0.367 bits per heavy atom. The van der Waals surface area contributed by atoms with Gasteiger partial charge in [0.1, 0.15) is 26.4 Å². The second-order valence-corrected chi connectivity index (χ2v) is 7.53. The molecule has 8 nitrogen and oxygen atoms in total. The third kappa shape index (κ3) is 8.66. The van der Waals surface area contributed by atoms with Gasteiger partial charge >= 0.3 is 0 Å². The summed E-state index contributed by atoms with van der Waals surface area (Å²) in [6.45, 7) is 5.72. The van der Waals surface area contributed by atoms with E-state index >= 15 is 0 Å². The monoisotopic (exact) mass is 460 g/mol. The molecule has 0 amide bonds. The van der Waals surface area contributed by atoms with Crippen molar-refractivity contribution in [2.75, 3.05) is 79.3 Å². The summed E-state index contributed by atoms with van der Waals surface area (Å²) in [5, 5.41) is 7.66. The van der Waals surface area contributed by atoms with Gasteiger partial charge in [0.15, 0.2) is 23.0 Å². The molecule has 0 bridgehead atoms. The SMILES string of the molecule is c1scc2c1OCCOCCOCCOc1cscc1OCCOCCOCCO2. The van der Waals surface area contributed by atoms with Crippen LogP contribution in [0.1, 0.15) is 0 Å². The van der Waals surface area contributed by atoms with Crippen LogP contribution < -0.4 is 18.9 Å². The molecule has 30 heavy (non-hydrogen) atoms. The van der Waals surface area contributed by atoms with Crippen LogP contribution in [0, 0.1) is 0 Å². The molecule has 0 spiro atoms. The molecule has 1 aliphatic heterocycles. The Morgan fingerprint density at radius 3 is 0.867 bits per heavy atom. The Bertz CT molecular complexity index is 579. The molecule has 0 unspecified atom stereocenters. The summed E-state index contributed by atoms with van der Waals surface area (Å²) in [6.07, 6.45) is 0. The van der Waals surface area contributed by atoms with Gasteiger partial charge in [0.2, 0.25) is 0 Å². The minimum absolute atomic E-state index is 0.449. The fourth-order valence-electron chi connectivity index (χ4n) is 2.45. The lowest BCUT2D eigenvalue weighted by Crippen LogP contribution is -2.15. The Kier molecular flexibility index (Phi) is 11.1. The summed E-state index contributed by atoms with van der Waals surface area (Å²) in [5.74, 6) is 2.90. The van der Waals surface area contributed by atoms with Crippen LogP contribution in [-0.2, 0) is 18.9 Å². The molecular formula is C20H28O8S2. The maximum Gasteiger partial charge on any atom is 0.171 e. The molecule has 0 fully saturated rings. The summed E-state index contributed by atoms with van der Waals surface area (Å²) in [4.78, 5) is 0. The highest BCUT2D eigenvalue weighted by Gasteiger charge is 2.08. The van der Waals surface area contributed by atoms with Gasteiger partial charge in [-0.25, -0.2) is 0 Å². The van der Waals surface area contributed by atoms with E-state index < -0.39 is 0 Å². The summed E-state index contributed by atoms with van der Waals surface area (Å²) >= 11 is 3.06. The van der Waals surface area contributed by atoms with Crippen LogP contribution in [0.5, 0.6) is 23.0 Å². The van der Waals surface area contributed by atoms with Crippen LogP contribution in [0.3, 0.4) is 0 Å². The van der Waals surface area contributed by atoms with Crippen molar-refractivity contribution in [1.82, 2.24) is 0 Å². The molecule has 1 aliphatic rings. The summed E-state index contributed by atoms with van der Waals surface area (Å²) in [5.41, 5.74) is 0. The van der Waals surface area contributed by atoms with E-state index in [1.165, 1.54) is 22.7 Å². The van der Waals surface area contributed by atoms with Crippen molar-refractivity contribution in [3.8, 4) is 23.0 Å². The second kappa shape index (κ2) is 14.4. The standard InChI is InChI=1S/C20H28O8S2/c1-2-22-6-10-26-19-15-30-16-20(19)28-12-8-24-4-3-23-7-11-27-18-14-29-13-17(18)25-9-5-21-1/h13-16H,1-12H2. The van der Waals surface area contributed by atoms with E-state index in [2.05, 4.69) is 0 Å². The number of thiophene rings is 2. The number of fused-ring (bicyclic) bond motifs is 2. The topological polar surface area (TPSA) is 73.8 Å². The van der Waals surface area contributed by atoms with Crippen molar-refractivity contribution in [2.24, 2.45) is 0 Å². The third-order valence-corrected chi connectivity index (χ3v) is 5.27. The molecule has 2 aromatic rings.